The van der Waals surface area contributed by atoms with Crippen LogP contribution in [0.3, 0.4) is 0 Å². The van der Waals surface area contributed by atoms with Crippen LogP contribution in [-0.4, -0.2) is 17.5 Å². The maximum atomic E-state index is 14.4. The van der Waals surface area contributed by atoms with Gasteiger partial charge in [-0.15, -0.1) is 0 Å². The van der Waals surface area contributed by atoms with Gasteiger partial charge in [0, 0.05) is 6.42 Å². The molecule has 4 aromatic carbocycles. The van der Waals surface area contributed by atoms with Gasteiger partial charge in [0.05, 0.1) is 0 Å². The number of hydrogen-bond donors (Lipinski definition) is 0. The SMILES string of the molecule is CC(C)(C)OC(=O)[C@@](Cc1ccccc1)(C(=O)OC(c1ccccc1)c1ccccc1)c1ccccc1. The van der Waals surface area contributed by atoms with Gasteiger partial charge < -0.3 is 9.47 Å². The molecule has 0 aliphatic heterocycles. The van der Waals surface area contributed by atoms with E-state index < -0.39 is 29.1 Å². The largest absolute Gasteiger partial charge is 0.459 e. The van der Waals surface area contributed by atoms with Crippen LogP contribution >= 0.6 is 0 Å². The number of carbonyl (C=O) groups is 2. The maximum absolute atomic E-state index is 14.4. The first-order valence-electron chi connectivity index (χ1n) is 12.4. The number of carbonyl (C=O) groups excluding carboxylic acids is 2. The normalized spacial score (nSPS) is 13.0. The quantitative estimate of drug-likeness (QED) is 0.200. The molecule has 0 N–H and O–H groups in total. The summed E-state index contributed by atoms with van der Waals surface area (Å²) in [6.45, 7) is 5.39. The fourth-order valence-electron chi connectivity index (χ4n) is 4.35. The van der Waals surface area contributed by atoms with Crippen molar-refractivity contribution in [3.8, 4) is 0 Å². The number of rotatable bonds is 8. The summed E-state index contributed by atoms with van der Waals surface area (Å²) in [6.07, 6.45) is -0.599. The highest BCUT2D eigenvalue weighted by Crippen LogP contribution is 2.37. The van der Waals surface area contributed by atoms with Gasteiger partial charge in [-0.2, -0.15) is 0 Å². The molecule has 0 amide bonds. The van der Waals surface area contributed by atoms with Crippen LogP contribution in [0.15, 0.2) is 121 Å². The molecule has 188 valence electrons. The molecule has 4 aromatic rings. The molecule has 0 saturated carbocycles. The van der Waals surface area contributed by atoms with E-state index in [0.717, 1.165) is 16.7 Å². The summed E-state index contributed by atoms with van der Waals surface area (Å²) < 4.78 is 12.2. The smallest absolute Gasteiger partial charge is 0.329 e. The molecule has 0 fully saturated rings. The second-order valence-electron chi connectivity index (χ2n) is 10.0. The zero-order valence-electron chi connectivity index (χ0n) is 21.5. The lowest BCUT2D eigenvalue weighted by atomic mass is 9.75. The lowest BCUT2D eigenvalue weighted by Crippen LogP contribution is -2.50. The molecule has 0 bridgehead atoms. The Morgan fingerprint density at radius 2 is 1.05 bits per heavy atom. The minimum Gasteiger partial charge on any atom is -0.459 e. The first-order valence-corrected chi connectivity index (χ1v) is 12.4. The van der Waals surface area contributed by atoms with Crippen molar-refractivity contribution in [1.82, 2.24) is 0 Å². The van der Waals surface area contributed by atoms with Crippen molar-refractivity contribution in [2.45, 2.75) is 44.3 Å². The van der Waals surface area contributed by atoms with Crippen LogP contribution in [0.4, 0.5) is 0 Å². The summed E-state index contributed by atoms with van der Waals surface area (Å²) in [5, 5.41) is 0. The van der Waals surface area contributed by atoms with Gasteiger partial charge in [-0.05, 0) is 43.0 Å². The maximum Gasteiger partial charge on any atom is 0.329 e. The third-order valence-corrected chi connectivity index (χ3v) is 6.10. The molecule has 0 spiro atoms. The fraction of sp³-hybridized carbons (Fsp3) is 0.212. The predicted octanol–water partition coefficient (Wildman–Crippen LogP) is 6.84. The highest BCUT2D eigenvalue weighted by Gasteiger charge is 2.52. The summed E-state index contributed by atoms with van der Waals surface area (Å²) in [7, 11) is 0. The minimum absolute atomic E-state index is 0.0991. The van der Waals surface area contributed by atoms with Crippen molar-refractivity contribution in [3.63, 3.8) is 0 Å². The van der Waals surface area contributed by atoms with Crippen LogP contribution in [0.5, 0.6) is 0 Å². The van der Waals surface area contributed by atoms with Gasteiger partial charge in [-0.3, -0.25) is 9.59 Å². The van der Waals surface area contributed by atoms with Crippen molar-refractivity contribution in [1.29, 1.82) is 0 Å². The Kier molecular flexibility index (Phi) is 7.88. The van der Waals surface area contributed by atoms with Crippen molar-refractivity contribution in [2.75, 3.05) is 0 Å². The molecule has 0 heterocycles. The number of benzene rings is 4. The molecule has 4 nitrogen and oxygen atoms in total. The summed E-state index contributed by atoms with van der Waals surface area (Å²) in [4.78, 5) is 28.5. The van der Waals surface area contributed by atoms with Crippen LogP contribution in [0.1, 0.15) is 49.1 Å². The first-order chi connectivity index (χ1) is 17.8. The third kappa shape index (κ3) is 6.15. The zero-order chi connectivity index (χ0) is 26.3. The highest BCUT2D eigenvalue weighted by molar-refractivity contribution is 6.07. The molecular weight excluding hydrogens is 460 g/mol. The Balaban J connectivity index is 1.86. The van der Waals surface area contributed by atoms with E-state index >= 15 is 0 Å². The first kappa shape index (κ1) is 25.9. The Morgan fingerprint density at radius 3 is 1.51 bits per heavy atom. The standard InChI is InChI=1S/C33H32O4/c1-32(2,3)37-31(35)33(28-22-14-7-15-23-28,24-25-16-8-4-9-17-25)30(34)36-29(26-18-10-5-11-19-26)27-20-12-6-13-21-27/h4-23,29H,24H2,1-3H3/t33-/m1/s1. The number of hydrogen-bond acceptors (Lipinski definition) is 4. The number of ether oxygens (including phenoxy) is 2. The molecule has 0 aromatic heterocycles. The van der Waals surface area contributed by atoms with Crippen LogP contribution in [0, 0.1) is 0 Å². The average Bonchev–Trinajstić information content (AvgIpc) is 2.91. The monoisotopic (exact) mass is 492 g/mol. The van der Waals surface area contributed by atoms with Gasteiger partial charge in [0.1, 0.15) is 5.60 Å². The van der Waals surface area contributed by atoms with E-state index in [4.69, 9.17) is 9.47 Å². The molecule has 0 unspecified atom stereocenters. The molecule has 0 radical (unpaired) electrons. The highest BCUT2D eigenvalue weighted by atomic mass is 16.6. The Morgan fingerprint density at radius 1 is 0.622 bits per heavy atom. The van der Waals surface area contributed by atoms with E-state index in [1.165, 1.54) is 0 Å². The van der Waals surface area contributed by atoms with Crippen LogP contribution in [-0.2, 0) is 30.9 Å². The third-order valence-electron chi connectivity index (χ3n) is 6.10. The molecular formula is C33H32O4. The van der Waals surface area contributed by atoms with Crippen molar-refractivity contribution >= 4 is 11.9 Å². The van der Waals surface area contributed by atoms with Gasteiger partial charge in [-0.25, -0.2) is 0 Å². The molecule has 0 saturated heterocycles. The van der Waals surface area contributed by atoms with Gasteiger partial charge in [0.2, 0.25) is 0 Å². The van der Waals surface area contributed by atoms with Gasteiger partial charge >= 0.3 is 11.9 Å². The second-order valence-corrected chi connectivity index (χ2v) is 10.0. The summed E-state index contributed by atoms with van der Waals surface area (Å²) >= 11 is 0. The van der Waals surface area contributed by atoms with Crippen molar-refractivity contribution in [3.05, 3.63) is 144 Å². The van der Waals surface area contributed by atoms with E-state index in [0.29, 0.717) is 5.56 Å². The molecule has 0 aliphatic rings. The van der Waals surface area contributed by atoms with E-state index in [1.807, 2.05) is 109 Å². The Hall–Kier alpha value is -4.18. The molecule has 4 heteroatoms. The van der Waals surface area contributed by atoms with Crippen LogP contribution in [0.25, 0.3) is 0 Å². The summed E-state index contributed by atoms with van der Waals surface area (Å²) in [5.41, 5.74) is 0.466. The van der Waals surface area contributed by atoms with Crippen LogP contribution < -0.4 is 0 Å². The van der Waals surface area contributed by atoms with Crippen molar-refractivity contribution in [2.24, 2.45) is 0 Å². The predicted molar refractivity (Wildman–Crippen MR) is 145 cm³/mol. The zero-order valence-corrected chi connectivity index (χ0v) is 21.5. The molecule has 4 rings (SSSR count). The fourth-order valence-corrected chi connectivity index (χ4v) is 4.35. The van der Waals surface area contributed by atoms with Crippen molar-refractivity contribution < 1.29 is 19.1 Å². The van der Waals surface area contributed by atoms with Gasteiger partial charge in [-0.1, -0.05) is 121 Å². The van der Waals surface area contributed by atoms with E-state index in [9.17, 15) is 9.59 Å². The van der Waals surface area contributed by atoms with Gasteiger partial charge in [0.15, 0.2) is 11.5 Å². The Labute approximate surface area is 218 Å². The second kappa shape index (κ2) is 11.3. The van der Waals surface area contributed by atoms with E-state index in [-0.39, 0.29) is 6.42 Å². The van der Waals surface area contributed by atoms with Gasteiger partial charge in [0.25, 0.3) is 0 Å². The topological polar surface area (TPSA) is 52.6 Å². The summed E-state index contributed by atoms with van der Waals surface area (Å²) in [5.74, 6) is -1.30. The average molecular weight is 493 g/mol. The van der Waals surface area contributed by atoms with E-state index in [2.05, 4.69) is 0 Å². The lowest BCUT2D eigenvalue weighted by molar-refractivity contribution is -0.174. The molecule has 1 atom stereocenters. The van der Waals surface area contributed by atoms with E-state index in [1.54, 1.807) is 32.9 Å². The van der Waals surface area contributed by atoms with Crippen LogP contribution in [0.2, 0.25) is 0 Å². The lowest BCUT2D eigenvalue weighted by Gasteiger charge is -2.34. The minimum atomic E-state index is -1.71. The summed E-state index contributed by atoms with van der Waals surface area (Å²) in [6, 6.07) is 37.7. The Bertz CT molecular complexity index is 1260. The molecule has 37 heavy (non-hydrogen) atoms. The number of esters is 2. The molecule has 0 aliphatic carbocycles.